The van der Waals surface area contributed by atoms with Crippen LogP contribution in [0, 0.1) is 0 Å². The molecule has 0 aliphatic heterocycles. The van der Waals surface area contributed by atoms with E-state index in [1.807, 2.05) is 67.6 Å². The van der Waals surface area contributed by atoms with E-state index in [2.05, 4.69) is 0 Å². The van der Waals surface area contributed by atoms with E-state index >= 15 is 0 Å². The predicted molar refractivity (Wildman–Crippen MR) is 103 cm³/mol. The number of nitrogens with two attached hydrogens (primary N) is 1. The van der Waals surface area contributed by atoms with Crippen molar-refractivity contribution in [3.05, 3.63) is 72.0 Å². The lowest BCUT2D eigenvalue weighted by molar-refractivity contribution is -0.133. The Bertz CT molecular complexity index is 784. The van der Waals surface area contributed by atoms with Gasteiger partial charge >= 0.3 is 0 Å². The number of furan rings is 1. The van der Waals surface area contributed by atoms with E-state index in [0.29, 0.717) is 25.4 Å². The summed E-state index contributed by atoms with van der Waals surface area (Å²) in [4.78, 5) is 14.7. The number of halogens is 1. The van der Waals surface area contributed by atoms with Crippen molar-refractivity contribution in [3.8, 4) is 0 Å². The molecule has 1 atom stereocenters. The van der Waals surface area contributed by atoms with Crippen LogP contribution in [0.4, 0.5) is 0 Å². The van der Waals surface area contributed by atoms with Crippen LogP contribution in [0.5, 0.6) is 0 Å². The van der Waals surface area contributed by atoms with Gasteiger partial charge in [0.25, 0.3) is 0 Å². The Morgan fingerprint density at radius 1 is 1.12 bits per heavy atom. The van der Waals surface area contributed by atoms with Gasteiger partial charge in [0.15, 0.2) is 0 Å². The molecule has 0 spiro atoms. The second-order valence-corrected chi connectivity index (χ2v) is 5.94. The van der Waals surface area contributed by atoms with Crippen molar-refractivity contribution in [2.45, 2.75) is 19.4 Å². The number of carbonyl (C=O) groups is 1. The maximum atomic E-state index is 12.9. The molecule has 1 amide bonds. The fourth-order valence-electron chi connectivity index (χ4n) is 2.84. The first-order valence-electron chi connectivity index (χ1n) is 8.20. The average Bonchev–Trinajstić information content (AvgIpc) is 3.05. The smallest absolute Gasteiger partial charge is 0.233 e. The Morgan fingerprint density at radius 3 is 2.48 bits per heavy atom. The van der Waals surface area contributed by atoms with Crippen molar-refractivity contribution in [1.29, 1.82) is 0 Å². The molecule has 0 saturated heterocycles. The van der Waals surface area contributed by atoms with Crippen molar-refractivity contribution in [2.24, 2.45) is 5.73 Å². The molecule has 4 nitrogen and oxygen atoms in total. The molecule has 0 radical (unpaired) electrons. The van der Waals surface area contributed by atoms with Crippen molar-refractivity contribution in [3.63, 3.8) is 0 Å². The first-order chi connectivity index (χ1) is 11.7. The molecule has 0 aliphatic rings. The highest BCUT2D eigenvalue weighted by Crippen LogP contribution is 2.26. The molecule has 2 aromatic carbocycles. The number of para-hydroxylation sites is 1. The van der Waals surface area contributed by atoms with Gasteiger partial charge in [0.2, 0.25) is 5.91 Å². The van der Waals surface area contributed by atoms with Gasteiger partial charge < -0.3 is 15.1 Å². The quantitative estimate of drug-likeness (QED) is 0.725. The Kier molecular flexibility index (Phi) is 6.62. The van der Waals surface area contributed by atoms with Crippen LogP contribution in [0.25, 0.3) is 11.0 Å². The zero-order chi connectivity index (χ0) is 16.9. The summed E-state index contributed by atoms with van der Waals surface area (Å²) in [5.74, 6) is 0.382. The van der Waals surface area contributed by atoms with Crippen LogP contribution in [-0.2, 0) is 11.3 Å². The van der Waals surface area contributed by atoms with E-state index in [4.69, 9.17) is 10.2 Å². The van der Waals surface area contributed by atoms with Gasteiger partial charge in [0, 0.05) is 25.0 Å². The van der Waals surface area contributed by atoms with Crippen LogP contribution in [0.3, 0.4) is 0 Å². The molecule has 0 bridgehead atoms. The summed E-state index contributed by atoms with van der Waals surface area (Å²) in [6, 6.07) is 19.7. The average molecular weight is 359 g/mol. The normalized spacial score (nSPS) is 11.8. The highest BCUT2D eigenvalue weighted by Gasteiger charge is 2.24. The fourth-order valence-corrected chi connectivity index (χ4v) is 2.84. The van der Waals surface area contributed by atoms with Gasteiger partial charge in [-0.05, 0) is 24.6 Å². The largest absolute Gasteiger partial charge is 0.460 e. The summed E-state index contributed by atoms with van der Waals surface area (Å²) in [6.45, 7) is 3.40. The first-order valence-corrected chi connectivity index (χ1v) is 8.20. The molecule has 5 heteroatoms. The van der Waals surface area contributed by atoms with Gasteiger partial charge in [-0.1, -0.05) is 48.5 Å². The van der Waals surface area contributed by atoms with E-state index in [1.165, 1.54) is 0 Å². The third-order valence-electron chi connectivity index (χ3n) is 4.17. The van der Waals surface area contributed by atoms with E-state index < -0.39 is 0 Å². The van der Waals surface area contributed by atoms with Crippen molar-refractivity contribution in [2.75, 3.05) is 13.1 Å². The van der Waals surface area contributed by atoms with Crippen molar-refractivity contribution in [1.82, 2.24) is 4.90 Å². The van der Waals surface area contributed by atoms with E-state index in [0.717, 1.165) is 16.5 Å². The molecule has 0 aliphatic carbocycles. The number of hydrogen-bond donors (Lipinski definition) is 1. The van der Waals surface area contributed by atoms with Crippen LogP contribution >= 0.6 is 12.4 Å². The molecule has 132 valence electrons. The Morgan fingerprint density at radius 2 is 1.80 bits per heavy atom. The molecule has 1 heterocycles. The molecule has 3 aromatic rings. The lowest BCUT2D eigenvalue weighted by atomic mass is 10.1. The molecule has 25 heavy (non-hydrogen) atoms. The highest BCUT2D eigenvalue weighted by molar-refractivity contribution is 5.86. The molecule has 1 unspecified atom stereocenters. The first kappa shape index (κ1) is 19.0. The summed E-state index contributed by atoms with van der Waals surface area (Å²) in [7, 11) is 0. The minimum Gasteiger partial charge on any atom is -0.460 e. The van der Waals surface area contributed by atoms with Gasteiger partial charge in [-0.3, -0.25) is 4.79 Å². The lowest BCUT2D eigenvalue weighted by Crippen LogP contribution is -2.37. The third kappa shape index (κ3) is 4.41. The third-order valence-corrected chi connectivity index (χ3v) is 4.17. The molecule has 2 N–H and O–H groups in total. The van der Waals surface area contributed by atoms with Gasteiger partial charge in [0.1, 0.15) is 11.3 Å². The highest BCUT2D eigenvalue weighted by atomic mass is 35.5. The van der Waals surface area contributed by atoms with E-state index in [-0.39, 0.29) is 24.2 Å². The van der Waals surface area contributed by atoms with Gasteiger partial charge in [0.05, 0.1) is 5.92 Å². The van der Waals surface area contributed by atoms with Crippen LogP contribution in [0.1, 0.15) is 24.2 Å². The second-order valence-electron chi connectivity index (χ2n) is 5.94. The SMILES string of the molecule is CC(C(=O)N(CCN)Cc1ccccc1)c1cc2ccccc2o1.Cl. The van der Waals surface area contributed by atoms with E-state index in [9.17, 15) is 4.79 Å². The van der Waals surface area contributed by atoms with Crippen molar-refractivity contribution >= 4 is 29.3 Å². The molecule has 1 aromatic heterocycles. The van der Waals surface area contributed by atoms with Gasteiger partial charge in [-0.2, -0.15) is 0 Å². The molecule has 0 saturated carbocycles. The summed E-state index contributed by atoms with van der Waals surface area (Å²) in [5.41, 5.74) is 7.60. The zero-order valence-corrected chi connectivity index (χ0v) is 15.0. The fraction of sp³-hybridized carbons (Fsp3) is 0.250. The van der Waals surface area contributed by atoms with Gasteiger partial charge in [-0.25, -0.2) is 0 Å². The van der Waals surface area contributed by atoms with E-state index in [1.54, 1.807) is 4.90 Å². The van der Waals surface area contributed by atoms with Crippen molar-refractivity contribution < 1.29 is 9.21 Å². The van der Waals surface area contributed by atoms with Gasteiger partial charge in [-0.15, -0.1) is 12.4 Å². The summed E-state index contributed by atoms with van der Waals surface area (Å²) in [5, 5.41) is 1.01. The lowest BCUT2D eigenvalue weighted by Gasteiger charge is -2.24. The number of rotatable bonds is 6. The Balaban J connectivity index is 0.00000225. The molecular weight excluding hydrogens is 336 g/mol. The molecular formula is C20H23ClN2O2. The number of carbonyl (C=O) groups excluding carboxylic acids is 1. The van der Waals surface area contributed by atoms with Crippen LogP contribution in [0.15, 0.2) is 65.1 Å². The maximum absolute atomic E-state index is 12.9. The summed E-state index contributed by atoms with van der Waals surface area (Å²) >= 11 is 0. The number of nitrogens with zero attached hydrogens (tertiary/aromatic N) is 1. The number of hydrogen-bond acceptors (Lipinski definition) is 3. The molecule has 3 rings (SSSR count). The van der Waals surface area contributed by atoms with Crippen LogP contribution in [-0.4, -0.2) is 23.9 Å². The predicted octanol–water partition coefficient (Wildman–Crippen LogP) is 3.95. The minimum absolute atomic E-state index is 0. The summed E-state index contributed by atoms with van der Waals surface area (Å²) in [6.07, 6.45) is 0. The Labute approximate surface area is 154 Å². The topological polar surface area (TPSA) is 59.5 Å². The van der Waals surface area contributed by atoms with Crippen LogP contribution < -0.4 is 5.73 Å². The minimum atomic E-state index is -0.340. The summed E-state index contributed by atoms with van der Waals surface area (Å²) < 4.78 is 5.85. The number of fused-ring (bicyclic) bond motifs is 1. The second kappa shape index (κ2) is 8.70. The molecule has 0 fully saturated rings. The number of amides is 1. The zero-order valence-electron chi connectivity index (χ0n) is 14.2. The number of benzene rings is 2. The standard InChI is InChI=1S/C20H22N2O2.ClH/c1-15(19-13-17-9-5-6-10-18(17)24-19)20(23)22(12-11-21)14-16-7-3-2-4-8-16;/h2-10,13,15H,11-12,14,21H2,1H3;1H. The monoisotopic (exact) mass is 358 g/mol. The van der Waals surface area contributed by atoms with Crippen LogP contribution in [0.2, 0.25) is 0 Å². The Hall–Kier alpha value is -2.30. The maximum Gasteiger partial charge on any atom is 0.233 e.